The second-order valence-electron chi connectivity index (χ2n) is 5.34. The molecule has 1 aliphatic heterocycles. The number of nitrogens with zero attached hydrogens (tertiary/aromatic N) is 1. The summed E-state index contributed by atoms with van der Waals surface area (Å²) < 4.78 is 11.2. The average Bonchev–Trinajstić information content (AvgIpc) is 3.14. The van der Waals surface area contributed by atoms with Gasteiger partial charge in [0.25, 0.3) is 0 Å². The summed E-state index contributed by atoms with van der Waals surface area (Å²) in [6.45, 7) is 7.62. The van der Waals surface area contributed by atoms with Crippen LogP contribution in [-0.2, 0) is 17.8 Å². The summed E-state index contributed by atoms with van der Waals surface area (Å²) in [4.78, 5) is 2.39. The van der Waals surface area contributed by atoms with Gasteiger partial charge in [-0.05, 0) is 25.8 Å². The van der Waals surface area contributed by atoms with Gasteiger partial charge in [0.1, 0.15) is 11.5 Å². The fraction of sp³-hybridized carbons (Fsp3) is 0.714. The number of rotatable bonds is 5. The third kappa shape index (κ3) is 3.13. The van der Waals surface area contributed by atoms with Gasteiger partial charge in [0.15, 0.2) is 0 Å². The number of morpholine rings is 1. The molecule has 0 aromatic carbocycles. The minimum absolute atomic E-state index is 0.752. The minimum atomic E-state index is 0.752. The molecule has 2 fully saturated rings. The molecule has 0 atom stereocenters. The van der Waals surface area contributed by atoms with Crippen LogP contribution in [0.25, 0.3) is 0 Å². The standard InChI is InChI=1S/C14H22N2O2/c1-11-12(9-15-13-2-3-13)8-14(18-11)10-16-4-6-17-7-5-16/h8,13,15H,2-7,9-10H2,1H3. The van der Waals surface area contributed by atoms with Crippen LogP contribution in [0.3, 0.4) is 0 Å². The molecule has 0 spiro atoms. The van der Waals surface area contributed by atoms with Gasteiger partial charge in [0.2, 0.25) is 0 Å². The van der Waals surface area contributed by atoms with Crippen LogP contribution in [-0.4, -0.2) is 37.2 Å². The van der Waals surface area contributed by atoms with Gasteiger partial charge < -0.3 is 14.5 Å². The first-order valence-corrected chi connectivity index (χ1v) is 6.93. The van der Waals surface area contributed by atoms with Crippen LogP contribution in [0.2, 0.25) is 0 Å². The highest BCUT2D eigenvalue weighted by atomic mass is 16.5. The zero-order chi connectivity index (χ0) is 12.4. The number of hydrogen-bond acceptors (Lipinski definition) is 4. The summed E-state index contributed by atoms with van der Waals surface area (Å²) >= 11 is 0. The molecule has 1 aliphatic carbocycles. The van der Waals surface area contributed by atoms with E-state index in [9.17, 15) is 0 Å². The van der Waals surface area contributed by atoms with E-state index < -0.39 is 0 Å². The number of ether oxygens (including phenoxy) is 1. The van der Waals surface area contributed by atoms with Crippen molar-refractivity contribution in [1.82, 2.24) is 10.2 Å². The van der Waals surface area contributed by atoms with Crippen LogP contribution in [0.5, 0.6) is 0 Å². The molecule has 0 radical (unpaired) electrons. The predicted octanol–water partition coefficient (Wildman–Crippen LogP) is 1.67. The quantitative estimate of drug-likeness (QED) is 0.862. The fourth-order valence-electron chi connectivity index (χ4n) is 2.36. The summed E-state index contributed by atoms with van der Waals surface area (Å²) in [6, 6.07) is 2.96. The number of hydrogen-bond donors (Lipinski definition) is 1. The Balaban J connectivity index is 1.56. The Labute approximate surface area is 108 Å². The molecule has 1 saturated carbocycles. The molecule has 4 heteroatoms. The molecule has 0 bridgehead atoms. The van der Waals surface area contributed by atoms with E-state index in [2.05, 4.69) is 23.2 Å². The van der Waals surface area contributed by atoms with E-state index in [1.54, 1.807) is 0 Å². The van der Waals surface area contributed by atoms with E-state index in [4.69, 9.17) is 9.15 Å². The molecule has 2 heterocycles. The molecule has 1 N–H and O–H groups in total. The Bertz CT molecular complexity index is 392. The fourth-order valence-corrected chi connectivity index (χ4v) is 2.36. The van der Waals surface area contributed by atoms with Crippen molar-refractivity contribution in [3.63, 3.8) is 0 Å². The van der Waals surface area contributed by atoms with Gasteiger partial charge in [-0.2, -0.15) is 0 Å². The summed E-state index contributed by atoms with van der Waals surface area (Å²) in [7, 11) is 0. The van der Waals surface area contributed by atoms with Crippen LogP contribution in [0.1, 0.15) is 29.9 Å². The molecular weight excluding hydrogens is 228 g/mol. The van der Waals surface area contributed by atoms with E-state index in [1.165, 1.54) is 18.4 Å². The maximum atomic E-state index is 5.85. The van der Waals surface area contributed by atoms with Crippen molar-refractivity contribution < 1.29 is 9.15 Å². The zero-order valence-electron chi connectivity index (χ0n) is 11.1. The van der Waals surface area contributed by atoms with Crippen molar-refractivity contribution in [3.05, 3.63) is 23.2 Å². The lowest BCUT2D eigenvalue weighted by molar-refractivity contribution is 0.0312. The van der Waals surface area contributed by atoms with Crippen molar-refractivity contribution in [2.45, 2.75) is 38.9 Å². The van der Waals surface area contributed by atoms with Crippen LogP contribution in [0.15, 0.2) is 10.5 Å². The first kappa shape index (κ1) is 12.2. The number of aryl methyl sites for hydroxylation is 1. The lowest BCUT2D eigenvalue weighted by Gasteiger charge is -2.25. The highest BCUT2D eigenvalue weighted by Crippen LogP contribution is 2.21. The SMILES string of the molecule is Cc1oc(CN2CCOCC2)cc1CNC1CC1. The molecule has 4 nitrogen and oxygen atoms in total. The molecule has 1 saturated heterocycles. The zero-order valence-corrected chi connectivity index (χ0v) is 11.1. The van der Waals surface area contributed by atoms with Gasteiger partial charge >= 0.3 is 0 Å². The molecule has 100 valence electrons. The third-order valence-corrected chi connectivity index (χ3v) is 3.71. The van der Waals surface area contributed by atoms with Gasteiger partial charge in [-0.1, -0.05) is 0 Å². The Kier molecular flexibility index (Phi) is 3.68. The molecular formula is C14H22N2O2. The number of furan rings is 1. The highest BCUT2D eigenvalue weighted by Gasteiger charge is 2.21. The first-order valence-electron chi connectivity index (χ1n) is 6.93. The van der Waals surface area contributed by atoms with Crippen LogP contribution in [0, 0.1) is 6.92 Å². The monoisotopic (exact) mass is 250 g/mol. The Hall–Kier alpha value is -0.840. The molecule has 0 unspecified atom stereocenters. The highest BCUT2D eigenvalue weighted by molar-refractivity contribution is 5.21. The third-order valence-electron chi connectivity index (χ3n) is 3.71. The van der Waals surface area contributed by atoms with Crippen molar-refractivity contribution in [2.24, 2.45) is 0 Å². The van der Waals surface area contributed by atoms with Crippen molar-refractivity contribution in [2.75, 3.05) is 26.3 Å². The van der Waals surface area contributed by atoms with Crippen molar-refractivity contribution >= 4 is 0 Å². The second-order valence-corrected chi connectivity index (χ2v) is 5.34. The normalized spacial score (nSPS) is 21.4. The Morgan fingerprint density at radius 3 is 2.83 bits per heavy atom. The van der Waals surface area contributed by atoms with E-state index in [-0.39, 0.29) is 0 Å². The molecule has 1 aromatic rings. The molecule has 18 heavy (non-hydrogen) atoms. The van der Waals surface area contributed by atoms with Crippen molar-refractivity contribution in [1.29, 1.82) is 0 Å². The molecule has 2 aliphatic rings. The largest absolute Gasteiger partial charge is 0.465 e. The summed E-state index contributed by atoms with van der Waals surface area (Å²) in [5, 5.41) is 3.54. The smallest absolute Gasteiger partial charge is 0.118 e. The van der Waals surface area contributed by atoms with Crippen LogP contribution < -0.4 is 5.32 Å². The predicted molar refractivity (Wildman–Crippen MR) is 69.4 cm³/mol. The summed E-state index contributed by atoms with van der Waals surface area (Å²) in [5.74, 6) is 2.15. The average molecular weight is 250 g/mol. The van der Waals surface area contributed by atoms with E-state index in [0.29, 0.717) is 0 Å². The van der Waals surface area contributed by atoms with E-state index in [1.807, 2.05) is 0 Å². The number of nitrogens with one attached hydrogen (secondary N) is 1. The lowest BCUT2D eigenvalue weighted by atomic mass is 10.2. The first-order chi connectivity index (χ1) is 8.81. The van der Waals surface area contributed by atoms with E-state index >= 15 is 0 Å². The molecule has 1 aromatic heterocycles. The van der Waals surface area contributed by atoms with E-state index in [0.717, 1.165) is 57.0 Å². The summed E-state index contributed by atoms with van der Waals surface area (Å²) in [6.07, 6.45) is 2.66. The molecule has 0 amide bonds. The van der Waals surface area contributed by atoms with Gasteiger partial charge in [-0.25, -0.2) is 0 Å². The second kappa shape index (κ2) is 5.43. The topological polar surface area (TPSA) is 37.6 Å². The lowest BCUT2D eigenvalue weighted by Crippen LogP contribution is -2.35. The summed E-state index contributed by atoms with van der Waals surface area (Å²) in [5.41, 5.74) is 1.31. The Morgan fingerprint density at radius 2 is 2.11 bits per heavy atom. The minimum Gasteiger partial charge on any atom is -0.465 e. The maximum absolute atomic E-state index is 5.85. The van der Waals surface area contributed by atoms with Crippen LogP contribution >= 0.6 is 0 Å². The maximum Gasteiger partial charge on any atom is 0.118 e. The Morgan fingerprint density at radius 1 is 1.33 bits per heavy atom. The molecule has 3 rings (SSSR count). The van der Waals surface area contributed by atoms with Gasteiger partial charge in [0.05, 0.1) is 19.8 Å². The van der Waals surface area contributed by atoms with Gasteiger partial charge in [-0.3, -0.25) is 4.90 Å². The van der Waals surface area contributed by atoms with Gasteiger partial charge in [0, 0.05) is 31.2 Å². The van der Waals surface area contributed by atoms with Gasteiger partial charge in [-0.15, -0.1) is 0 Å². The van der Waals surface area contributed by atoms with Crippen LogP contribution in [0.4, 0.5) is 0 Å². The van der Waals surface area contributed by atoms with Crippen molar-refractivity contribution in [3.8, 4) is 0 Å².